The fourth-order valence-corrected chi connectivity index (χ4v) is 6.14. The number of halogens is 3. The standard InChI is InChI=1S/C30H29ClF2N6O3/c1-37-22(16-40)11-18-10-21(14-35-28(18)37)39-25-5-3-2-4-24(25)38(30(39)42)15-17-6-8-20(9-7-17)36-29(41)23-12-19(31)13-34-26(23)27(32)33/h2-5,10-14,17,20,27,40H,6-9,15-16H2,1H3,(H,36,41)/t17-,20-. The smallest absolute Gasteiger partial charge is 0.333 e. The van der Waals surface area contributed by atoms with Crippen molar-refractivity contribution >= 4 is 39.6 Å². The lowest BCUT2D eigenvalue weighted by molar-refractivity contribution is 0.0904. The summed E-state index contributed by atoms with van der Waals surface area (Å²) in [6.45, 7) is 0.401. The van der Waals surface area contributed by atoms with Gasteiger partial charge >= 0.3 is 5.69 Å². The highest BCUT2D eigenvalue weighted by Crippen LogP contribution is 2.29. The van der Waals surface area contributed by atoms with Crippen LogP contribution in [0.5, 0.6) is 0 Å². The Morgan fingerprint density at radius 3 is 2.55 bits per heavy atom. The summed E-state index contributed by atoms with van der Waals surface area (Å²) in [5.41, 5.74) is 2.71. The number of nitrogens with one attached hydrogen (secondary N) is 1. The summed E-state index contributed by atoms with van der Waals surface area (Å²) < 4.78 is 32.0. The summed E-state index contributed by atoms with van der Waals surface area (Å²) in [5.74, 6) is -0.417. The summed E-state index contributed by atoms with van der Waals surface area (Å²) >= 11 is 5.91. The van der Waals surface area contributed by atoms with Gasteiger partial charge in [-0.15, -0.1) is 0 Å². The molecule has 0 aliphatic heterocycles. The first kappa shape index (κ1) is 28.0. The molecular formula is C30H29ClF2N6O3. The number of carbonyl (C=O) groups excluding carboxylic acids is 1. The second kappa shape index (κ2) is 11.3. The van der Waals surface area contributed by atoms with Gasteiger partial charge in [0, 0.05) is 36.9 Å². The second-order valence-electron chi connectivity index (χ2n) is 10.8. The lowest BCUT2D eigenvalue weighted by Gasteiger charge is -2.29. The Morgan fingerprint density at radius 2 is 1.83 bits per heavy atom. The molecule has 1 aliphatic rings. The van der Waals surface area contributed by atoms with Crippen LogP contribution >= 0.6 is 11.6 Å². The van der Waals surface area contributed by atoms with Gasteiger partial charge in [-0.05, 0) is 61.9 Å². The highest BCUT2D eigenvalue weighted by atomic mass is 35.5. The number of aliphatic hydroxyl groups is 1. The minimum absolute atomic E-state index is 0.109. The van der Waals surface area contributed by atoms with E-state index in [1.165, 1.54) is 6.07 Å². The molecule has 6 rings (SSSR count). The number of aryl methyl sites for hydroxylation is 1. The SMILES string of the molecule is Cn1c(CO)cc2cc(-n3c(=O)n(C[C@H]4CC[C@H](NC(=O)c5cc(Cl)cnc5C(F)F)CC4)c4ccccc43)cnc21. The van der Waals surface area contributed by atoms with Crippen LogP contribution in [-0.2, 0) is 20.2 Å². The molecule has 4 aromatic heterocycles. The molecule has 1 aliphatic carbocycles. The molecule has 2 N–H and O–H groups in total. The number of pyridine rings is 2. The van der Waals surface area contributed by atoms with Gasteiger partial charge in [0.15, 0.2) is 0 Å². The zero-order valence-corrected chi connectivity index (χ0v) is 23.6. The van der Waals surface area contributed by atoms with Crippen molar-refractivity contribution in [3.8, 4) is 5.69 Å². The normalized spacial score (nSPS) is 17.4. The lowest BCUT2D eigenvalue weighted by Crippen LogP contribution is -2.39. The zero-order valence-electron chi connectivity index (χ0n) is 22.8. The Morgan fingerprint density at radius 1 is 1.10 bits per heavy atom. The van der Waals surface area contributed by atoms with E-state index in [1.807, 2.05) is 48.0 Å². The molecule has 12 heteroatoms. The van der Waals surface area contributed by atoms with Crippen LogP contribution in [0.15, 0.2) is 59.7 Å². The number of benzene rings is 1. The molecule has 1 saturated carbocycles. The van der Waals surface area contributed by atoms with Crippen LogP contribution in [0.4, 0.5) is 8.78 Å². The number of alkyl halides is 2. The first-order valence-corrected chi connectivity index (χ1v) is 14.1. The molecular weight excluding hydrogens is 566 g/mol. The Balaban J connectivity index is 1.20. The van der Waals surface area contributed by atoms with Crippen LogP contribution in [0.25, 0.3) is 27.8 Å². The monoisotopic (exact) mass is 594 g/mol. The summed E-state index contributed by atoms with van der Waals surface area (Å²) in [4.78, 5) is 34.8. The summed E-state index contributed by atoms with van der Waals surface area (Å²) in [5, 5.41) is 13.5. The van der Waals surface area contributed by atoms with Gasteiger partial charge in [0.1, 0.15) is 11.3 Å². The van der Waals surface area contributed by atoms with E-state index < -0.39 is 18.0 Å². The third-order valence-corrected chi connectivity index (χ3v) is 8.37. The lowest BCUT2D eigenvalue weighted by atomic mass is 9.85. The van der Waals surface area contributed by atoms with Crippen molar-refractivity contribution in [3.63, 3.8) is 0 Å². The Labute approximate surface area is 244 Å². The van der Waals surface area contributed by atoms with Crippen molar-refractivity contribution in [1.29, 1.82) is 0 Å². The van der Waals surface area contributed by atoms with Crippen LogP contribution in [0.3, 0.4) is 0 Å². The number of hydrogen-bond donors (Lipinski definition) is 2. The van der Waals surface area contributed by atoms with Gasteiger partial charge in [-0.2, -0.15) is 0 Å². The number of para-hydroxylation sites is 2. The Bertz CT molecular complexity index is 1860. The molecule has 1 fully saturated rings. The number of imidazole rings is 1. The van der Waals surface area contributed by atoms with Gasteiger partial charge in [-0.3, -0.25) is 18.9 Å². The molecule has 5 aromatic rings. The van der Waals surface area contributed by atoms with Gasteiger partial charge in [-0.1, -0.05) is 23.7 Å². The molecule has 0 bridgehead atoms. The molecule has 0 unspecified atom stereocenters. The second-order valence-corrected chi connectivity index (χ2v) is 11.2. The minimum atomic E-state index is -2.89. The maximum atomic E-state index is 13.8. The summed E-state index contributed by atoms with van der Waals surface area (Å²) in [6, 6.07) is 12.4. The fraction of sp³-hybridized carbons (Fsp3) is 0.333. The van der Waals surface area contributed by atoms with E-state index in [2.05, 4.69) is 15.3 Å². The number of fused-ring (bicyclic) bond motifs is 2. The molecule has 1 aromatic carbocycles. The predicted octanol–water partition coefficient (Wildman–Crippen LogP) is 5.15. The summed E-state index contributed by atoms with van der Waals surface area (Å²) in [7, 11) is 1.84. The van der Waals surface area contributed by atoms with Crippen LogP contribution in [-0.4, -0.2) is 40.7 Å². The highest BCUT2D eigenvalue weighted by Gasteiger charge is 2.27. The van der Waals surface area contributed by atoms with Gasteiger partial charge in [0.05, 0.1) is 40.1 Å². The molecule has 9 nitrogen and oxygen atoms in total. The molecule has 0 spiro atoms. The van der Waals surface area contributed by atoms with Gasteiger partial charge in [0.2, 0.25) is 0 Å². The zero-order chi connectivity index (χ0) is 29.5. The van der Waals surface area contributed by atoms with Crippen LogP contribution in [0.1, 0.15) is 53.9 Å². The number of amides is 1. The molecule has 0 radical (unpaired) electrons. The molecule has 4 heterocycles. The Hall–Kier alpha value is -4.09. The predicted molar refractivity (Wildman–Crippen MR) is 155 cm³/mol. The summed E-state index contributed by atoms with van der Waals surface area (Å²) in [6.07, 6.45) is 2.72. The topological polar surface area (TPSA) is 107 Å². The molecule has 0 atom stereocenters. The van der Waals surface area contributed by atoms with Crippen molar-refractivity contribution in [2.75, 3.05) is 0 Å². The molecule has 0 saturated heterocycles. The van der Waals surface area contributed by atoms with Gasteiger partial charge < -0.3 is 15.0 Å². The van der Waals surface area contributed by atoms with Crippen LogP contribution in [0, 0.1) is 5.92 Å². The Kier molecular flexibility index (Phi) is 7.54. The first-order chi connectivity index (χ1) is 20.2. The minimum Gasteiger partial charge on any atom is -0.390 e. The van der Waals surface area contributed by atoms with Crippen LogP contribution in [0.2, 0.25) is 5.02 Å². The van der Waals surface area contributed by atoms with Crippen molar-refractivity contribution < 1.29 is 18.7 Å². The largest absolute Gasteiger partial charge is 0.390 e. The number of aromatic nitrogens is 5. The number of aliphatic hydroxyl groups excluding tert-OH is 1. The molecule has 42 heavy (non-hydrogen) atoms. The highest BCUT2D eigenvalue weighted by molar-refractivity contribution is 6.30. The van der Waals surface area contributed by atoms with E-state index in [0.717, 1.165) is 46.8 Å². The van der Waals surface area contributed by atoms with E-state index in [0.29, 0.717) is 25.1 Å². The quantitative estimate of drug-likeness (QED) is 0.271. The van der Waals surface area contributed by atoms with E-state index in [1.54, 1.807) is 15.3 Å². The van der Waals surface area contributed by atoms with Crippen molar-refractivity contribution in [1.82, 2.24) is 29.0 Å². The number of rotatable bonds is 7. The number of nitrogens with zero attached hydrogens (tertiary/aromatic N) is 5. The number of hydrogen-bond acceptors (Lipinski definition) is 5. The van der Waals surface area contributed by atoms with Crippen LogP contribution < -0.4 is 11.0 Å². The van der Waals surface area contributed by atoms with E-state index in [4.69, 9.17) is 11.6 Å². The average molecular weight is 595 g/mol. The van der Waals surface area contributed by atoms with E-state index in [9.17, 15) is 23.5 Å². The average Bonchev–Trinajstić information content (AvgIpc) is 3.46. The van der Waals surface area contributed by atoms with Gasteiger partial charge in [-0.25, -0.2) is 18.6 Å². The maximum Gasteiger partial charge on any atom is 0.333 e. The third-order valence-electron chi connectivity index (χ3n) is 8.17. The van der Waals surface area contributed by atoms with Crippen molar-refractivity contribution in [2.45, 2.75) is 51.3 Å². The fourth-order valence-electron chi connectivity index (χ4n) is 5.99. The molecule has 1 amide bonds. The van der Waals surface area contributed by atoms with Crippen molar-refractivity contribution in [2.24, 2.45) is 13.0 Å². The van der Waals surface area contributed by atoms with Crippen molar-refractivity contribution in [3.05, 3.63) is 87.3 Å². The van der Waals surface area contributed by atoms with E-state index in [-0.39, 0.29) is 34.8 Å². The third kappa shape index (κ3) is 5.07. The first-order valence-electron chi connectivity index (χ1n) is 13.8. The molecule has 218 valence electrons. The van der Waals surface area contributed by atoms with Gasteiger partial charge in [0.25, 0.3) is 12.3 Å². The maximum absolute atomic E-state index is 13.8. The van der Waals surface area contributed by atoms with E-state index >= 15 is 0 Å². The number of carbonyl (C=O) groups is 1.